The zero-order valence-corrected chi connectivity index (χ0v) is 5.46. The Balaban J connectivity index is 2.62. The maximum atomic E-state index is 5.63. The van der Waals surface area contributed by atoms with E-state index in [0.29, 0.717) is 0 Å². The molecule has 3 N–H and O–H groups in total. The molecule has 0 saturated carbocycles. The van der Waals surface area contributed by atoms with Crippen molar-refractivity contribution in [2.24, 2.45) is 5.73 Å². The van der Waals surface area contributed by atoms with Gasteiger partial charge in [-0.15, -0.1) is 0 Å². The van der Waals surface area contributed by atoms with Crippen molar-refractivity contribution in [3.63, 3.8) is 0 Å². The first-order valence-electron chi connectivity index (χ1n) is 2.34. The van der Waals surface area contributed by atoms with Crippen LogP contribution in [0.25, 0.3) is 0 Å². The molecule has 0 amide bonds. The van der Waals surface area contributed by atoms with Crippen LogP contribution in [0.3, 0.4) is 0 Å². The second-order valence-electron chi connectivity index (χ2n) is 1.80. The highest BCUT2D eigenvalue weighted by Gasteiger charge is 2.15. The normalized spacial score (nSPS) is 34.8. The first-order chi connectivity index (χ1) is 3.71. The second kappa shape index (κ2) is 1.86. The molecule has 3 heteroatoms. The molecule has 0 bridgehead atoms. The number of hydrogen-bond acceptors (Lipinski definition) is 3. The fourth-order valence-corrected chi connectivity index (χ4v) is 0.917. The summed E-state index contributed by atoms with van der Waals surface area (Å²) in [5.74, 6) is 0. The van der Waals surface area contributed by atoms with Gasteiger partial charge in [-0.05, 0) is 6.92 Å². The van der Waals surface area contributed by atoms with Crippen LogP contribution in [0, 0.1) is 0 Å². The van der Waals surface area contributed by atoms with Crippen LogP contribution in [0.4, 0.5) is 0 Å². The molecule has 0 aliphatic carbocycles. The third-order valence-electron chi connectivity index (χ3n) is 0.814. The van der Waals surface area contributed by atoms with E-state index in [1.807, 2.05) is 12.3 Å². The average Bonchev–Trinajstić information content (AvgIpc) is 1.65. The predicted molar refractivity (Wildman–Crippen MR) is 36.0 cm³/mol. The molecule has 1 unspecified atom stereocenters. The first-order valence-corrected chi connectivity index (χ1v) is 3.22. The van der Waals surface area contributed by atoms with Gasteiger partial charge < -0.3 is 11.1 Å². The molecule has 0 aromatic heterocycles. The summed E-state index contributed by atoms with van der Waals surface area (Å²) in [6.07, 6.45) is 1.72. The van der Waals surface area contributed by atoms with Crippen LogP contribution in [0.2, 0.25) is 0 Å². The molecule has 1 heterocycles. The van der Waals surface area contributed by atoms with Crippen molar-refractivity contribution >= 4 is 11.8 Å². The third kappa shape index (κ3) is 1.30. The maximum absolute atomic E-state index is 5.63. The fourth-order valence-electron chi connectivity index (χ4n) is 0.409. The van der Waals surface area contributed by atoms with Crippen molar-refractivity contribution in [3.8, 4) is 0 Å². The predicted octanol–water partition coefficient (Wildman–Crippen LogP) is 0.582. The highest BCUT2D eigenvalue weighted by molar-refractivity contribution is 8.03. The Bertz CT molecular complexity index is 133. The van der Waals surface area contributed by atoms with Gasteiger partial charge in [-0.25, -0.2) is 0 Å². The molecule has 0 aromatic carbocycles. The van der Waals surface area contributed by atoms with Gasteiger partial charge in [-0.3, -0.25) is 0 Å². The monoisotopic (exact) mass is 128 g/mol. The number of nitrogens with two attached hydrogens (primary N) is 1. The Kier molecular flexibility index (Phi) is 1.34. The molecule has 1 aliphatic rings. The molecule has 0 aromatic rings. The summed E-state index contributed by atoms with van der Waals surface area (Å²) < 4.78 is 0. The molecule has 1 rings (SSSR count). The van der Waals surface area contributed by atoms with Gasteiger partial charge in [0.15, 0.2) is 0 Å². The molecule has 44 valence electrons. The molecule has 0 saturated heterocycles. The average molecular weight is 128 g/mol. The fraction of sp³-hybridized carbons (Fsp3) is 0.400. The zero-order chi connectivity index (χ0) is 6.04. The van der Waals surface area contributed by atoms with Gasteiger partial charge >= 0.3 is 0 Å². The Morgan fingerprint density at radius 2 is 2.62 bits per heavy atom. The van der Waals surface area contributed by atoms with Crippen LogP contribution in [0.1, 0.15) is 6.92 Å². The minimum absolute atomic E-state index is 0.328. The van der Waals surface area contributed by atoms with Crippen molar-refractivity contribution in [2.75, 3.05) is 0 Å². The van der Waals surface area contributed by atoms with Crippen LogP contribution in [0.15, 0.2) is 17.3 Å². The lowest BCUT2D eigenvalue weighted by Gasteiger charge is -2.23. The molecular formula is C5H8N2S. The molecule has 8 heavy (non-hydrogen) atoms. The largest absolute Gasteiger partial charge is 0.359 e. The minimum Gasteiger partial charge on any atom is -0.359 e. The smallest absolute Gasteiger partial charge is 0.136 e. The summed E-state index contributed by atoms with van der Waals surface area (Å²) in [7, 11) is 0. The standard InChI is InChI=1S/C5H8N2S/c1-5(6)7-3-2-4-8-5/h3-4,7H,6H2,1H3. The summed E-state index contributed by atoms with van der Waals surface area (Å²) in [6, 6.07) is 0. The molecule has 0 radical (unpaired) electrons. The third-order valence-corrected chi connectivity index (χ3v) is 1.68. The van der Waals surface area contributed by atoms with E-state index in [9.17, 15) is 0 Å². The van der Waals surface area contributed by atoms with E-state index in [0.717, 1.165) is 0 Å². The molecule has 0 spiro atoms. The number of nitrogens with one attached hydrogen (secondary N) is 1. The lowest BCUT2D eigenvalue weighted by molar-refractivity contribution is 0.609. The van der Waals surface area contributed by atoms with Crippen LogP contribution in [0.5, 0.6) is 0 Å². The molecular weight excluding hydrogens is 120 g/mol. The summed E-state index contributed by atoms with van der Waals surface area (Å²) in [6.45, 7) is 1.91. The zero-order valence-electron chi connectivity index (χ0n) is 4.64. The maximum Gasteiger partial charge on any atom is 0.136 e. The number of thioether (sulfide) groups is 1. The Morgan fingerprint density at radius 1 is 1.88 bits per heavy atom. The first kappa shape index (κ1) is 5.76. The van der Waals surface area contributed by atoms with Crippen LogP contribution >= 0.6 is 11.8 Å². The van der Waals surface area contributed by atoms with Gasteiger partial charge in [0.1, 0.15) is 4.99 Å². The van der Waals surface area contributed by atoms with Gasteiger partial charge in [-0.1, -0.05) is 17.5 Å². The van der Waals surface area contributed by atoms with Gasteiger partial charge in [-0.2, -0.15) is 0 Å². The molecule has 1 aliphatic heterocycles. The SMILES string of the molecule is CC1(N)NC=C=CS1. The van der Waals surface area contributed by atoms with E-state index in [2.05, 4.69) is 11.0 Å². The van der Waals surface area contributed by atoms with Crippen LogP contribution in [-0.2, 0) is 0 Å². The second-order valence-corrected chi connectivity index (χ2v) is 3.12. The minimum atomic E-state index is -0.328. The molecule has 1 atom stereocenters. The topological polar surface area (TPSA) is 38.0 Å². The highest BCUT2D eigenvalue weighted by Crippen LogP contribution is 2.17. The van der Waals surface area contributed by atoms with E-state index < -0.39 is 0 Å². The van der Waals surface area contributed by atoms with Crippen molar-refractivity contribution in [3.05, 3.63) is 17.3 Å². The van der Waals surface area contributed by atoms with Gasteiger partial charge in [0.25, 0.3) is 0 Å². The lowest BCUT2D eigenvalue weighted by atomic mass is 10.6. The van der Waals surface area contributed by atoms with Gasteiger partial charge in [0.2, 0.25) is 0 Å². The van der Waals surface area contributed by atoms with Crippen molar-refractivity contribution in [1.29, 1.82) is 0 Å². The van der Waals surface area contributed by atoms with Crippen molar-refractivity contribution in [2.45, 2.75) is 11.9 Å². The molecule has 2 nitrogen and oxygen atoms in total. The van der Waals surface area contributed by atoms with E-state index >= 15 is 0 Å². The summed E-state index contributed by atoms with van der Waals surface area (Å²) in [4.78, 5) is -0.328. The number of hydrogen-bond donors (Lipinski definition) is 2. The van der Waals surface area contributed by atoms with Crippen LogP contribution in [-0.4, -0.2) is 4.99 Å². The summed E-state index contributed by atoms with van der Waals surface area (Å²) >= 11 is 1.52. The van der Waals surface area contributed by atoms with E-state index in [-0.39, 0.29) is 4.99 Å². The number of rotatable bonds is 0. The van der Waals surface area contributed by atoms with E-state index in [1.54, 1.807) is 6.20 Å². The van der Waals surface area contributed by atoms with E-state index in [4.69, 9.17) is 5.73 Å². The quantitative estimate of drug-likeness (QED) is 0.469. The summed E-state index contributed by atoms with van der Waals surface area (Å²) in [5, 5.41) is 4.78. The van der Waals surface area contributed by atoms with Gasteiger partial charge in [0, 0.05) is 11.6 Å². The van der Waals surface area contributed by atoms with E-state index in [1.165, 1.54) is 11.8 Å². The Morgan fingerprint density at radius 3 is 2.88 bits per heavy atom. The summed E-state index contributed by atoms with van der Waals surface area (Å²) in [5.41, 5.74) is 8.49. The van der Waals surface area contributed by atoms with Crippen molar-refractivity contribution in [1.82, 2.24) is 5.32 Å². The molecule has 0 fully saturated rings. The van der Waals surface area contributed by atoms with Crippen molar-refractivity contribution < 1.29 is 0 Å². The van der Waals surface area contributed by atoms with Crippen LogP contribution < -0.4 is 11.1 Å². The highest BCUT2D eigenvalue weighted by atomic mass is 32.2. The lowest BCUT2D eigenvalue weighted by Crippen LogP contribution is -2.44. The Hall–Kier alpha value is -0.370. The van der Waals surface area contributed by atoms with Gasteiger partial charge in [0.05, 0.1) is 0 Å². The Labute approximate surface area is 52.8 Å².